The Kier molecular flexibility index (Phi) is 16.4. The number of hydrogen-bond acceptors (Lipinski definition) is 5. The fraction of sp³-hybridized carbons (Fsp3) is 0.655. The van der Waals surface area contributed by atoms with E-state index in [2.05, 4.69) is 13.8 Å². The van der Waals surface area contributed by atoms with Crippen molar-refractivity contribution < 1.29 is 19.4 Å². The summed E-state index contributed by atoms with van der Waals surface area (Å²) in [5, 5.41) is 18.2. The molecule has 0 saturated carbocycles. The molecule has 0 aliphatic heterocycles. The third kappa shape index (κ3) is 13.3. The van der Waals surface area contributed by atoms with Crippen molar-refractivity contribution in [3.8, 4) is 11.8 Å². The molecule has 0 radical (unpaired) electrons. The van der Waals surface area contributed by atoms with Crippen molar-refractivity contribution >= 4 is 5.97 Å². The molecule has 1 aromatic rings. The summed E-state index contributed by atoms with van der Waals surface area (Å²) < 4.78 is 11.2. The van der Waals surface area contributed by atoms with Gasteiger partial charge in [-0.3, -0.25) is 0 Å². The van der Waals surface area contributed by atoms with Crippen LogP contribution in [0.1, 0.15) is 103 Å². The quantitative estimate of drug-likeness (QED) is 0.0730. The monoisotopic (exact) mass is 471 g/mol. The van der Waals surface area contributed by atoms with Crippen molar-refractivity contribution in [3.63, 3.8) is 0 Å². The Hall–Kier alpha value is -2.48. The molecule has 0 aromatic heterocycles. The van der Waals surface area contributed by atoms with E-state index >= 15 is 0 Å². The second kappa shape index (κ2) is 18.9. The molecule has 0 fully saturated rings. The van der Waals surface area contributed by atoms with E-state index in [-0.39, 0.29) is 17.9 Å². The van der Waals surface area contributed by atoms with Crippen LogP contribution in [-0.4, -0.2) is 24.3 Å². The third-order valence-corrected chi connectivity index (χ3v) is 6.14. The van der Waals surface area contributed by atoms with Crippen LogP contribution in [0.3, 0.4) is 0 Å². The van der Waals surface area contributed by atoms with E-state index in [0.29, 0.717) is 12.3 Å². The summed E-state index contributed by atoms with van der Waals surface area (Å²) in [6.07, 6.45) is 16.2. The van der Waals surface area contributed by atoms with E-state index in [4.69, 9.17) is 14.7 Å². The maximum absolute atomic E-state index is 11.8. The van der Waals surface area contributed by atoms with Crippen LogP contribution in [0.15, 0.2) is 35.6 Å². The summed E-state index contributed by atoms with van der Waals surface area (Å²) in [6.45, 7) is 6.72. The van der Waals surface area contributed by atoms with Crippen LogP contribution in [0, 0.1) is 17.2 Å². The van der Waals surface area contributed by atoms with Gasteiger partial charge in [-0.1, -0.05) is 90.2 Å². The van der Waals surface area contributed by atoms with Crippen LogP contribution in [0.2, 0.25) is 0 Å². The van der Waals surface area contributed by atoms with Crippen molar-refractivity contribution in [2.24, 2.45) is 5.92 Å². The lowest BCUT2D eigenvalue weighted by atomic mass is 9.95. The Morgan fingerprint density at radius 3 is 2.06 bits per heavy atom. The lowest BCUT2D eigenvalue weighted by Gasteiger charge is -2.18. The minimum absolute atomic E-state index is 0.148. The molecule has 5 nitrogen and oxygen atoms in total. The van der Waals surface area contributed by atoms with Crippen LogP contribution in [0.5, 0.6) is 5.75 Å². The SMILES string of the molecule is CCCCCCCCC(CCCCCC)COc1ccc(CCOC(=O)/C(C#N)=C(/C)O)cc1. The Morgan fingerprint density at radius 2 is 1.50 bits per heavy atom. The summed E-state index contributed by atoms with van der Waals surface area (Å²) in [5.41, 5.74) is 0.667. The molecule has 1 aromatic carbocycles. The fourth-order valence-electron chi connectivity index (χ4n) is 3.96. The molecule has 1 unspecified atom stereocenters. The number of nitrogens with zero attached hydrogens (tertiary/aromatic N) is 1. The number of aliphatic hydroxyl groups excluding tert-OH is 1. The number of rotatable bonds is 19. The molecule has 0 aliphatic carbocycles. The number of ether oxygens (including phenoxy) is 2. The van der Waals surface area contributed by atoms with Crippen molar-refractivity contribution in [3.05, 3.63) is 41.2 Å². The summed E-state index contributed by atoms with van der Waals surface area (Å²) in [6, 6.07) is 9.55. The molecule has 34 heavy (non-hydrogen) atoms. The molecular weight excluding hydrogens is 426 g/mol. The second-order valence-electron chi connectivity index (χ2n) is 9.18. The number of carbonyl (C=O) groups excluding carboxylic acids is 1. The van der Waals surface area contributed by atoms with Gasteiger partial charge >= 0.3 is 5.97 Å². The fourth-order valence-corrected chi connectivity index (χ4v) is 3.96. The van der Waals surface area contributed by atoms with E-state index in [0.717, 1.165) is 17.9 Å². The van der Waals surface area contributed by atoms with Crippen LogP contribution in [0.4, 0.5) is 0 Å². The summed E-state index contributed by atoms with van der Waals surface area (Å²) in [4.78, 5) is 11.8. The normalized spacial score (nSPS) is 12.5. The minimum atomic E-state index is -0.794. The van der Waals surface area contributed by atoms with Gasteiger partial charge in [-0.25, -0.2) is 4.79 Å². The largest absolute Gasteiger partial charge is 0.511 e. The topological polar surface area (TPSA) is 79.5 Å². The maximum Gasteiger partial charge on any atom is 0.352 e. The van der Waals surface area contributed by atoms with E-state index in [1.54, 1.807) is 6.07 Å². The standard InChI is InChI=1S/C29H45NO4/c1-4-6-8-10-11-13-15-26(14-12-9-7-5-2)23-34-27-18-16-25(17-19-27)20-21-33-29(32)28(22-30)24(3)31/h16-19,26,31H,4-15,20-21,23H2,1-3H3/b28-24-. The van der Waals surface area contributed by atoms with Gasteiger partial charge in [0.05, 0.1) is 13.2 Å². The molecule has 1 N–H and O–H groups in total. The molecule has 190 valence electrons. The molecular formula is C29H45NO4. The Labute approximate surface area is 207 Å². The average Bonchev–Trinajstić information content (AvgIpc) is 2.83. The van der Waals surface area contributed by atoms with Gasteiger partial charge < -0.3 is 14.6 Å². The molecule has 5 heteroatoms. The number of aliphatic hydroxyl groups is 1. The highest BCUT2D eigenvalue weighted by Gasteiger charge is 2.14. The van der Waals surface area contributed by atoms with Crippen LogP contribution in [-0.2, 0) is 16.0 Å². The molecule has 0 saturated heterocycles. The van der Waals surface area contributed by atoms with E-state index in [9.17, 15) is 9.90 Å². The Bertz CT molecular complexity index is 744. The molecule has 0 spiro atoms. The third-order valence-electron chi connectivity index (χ3n) is 6.14. The van der Waals surface area contributed by atoms with Gasteiger partial charge in [-0.15, -0.1) is 0 Å². The first-order valence-electron chi connectivity index (χ1n) is 13.2. The summed E-state index contributed by atoms with van der Waals surface area (Å²) >= 11 is 0. The first-order valence-corrected chi connectivity index (χ1v) is 13.2. The zero-order chi connectivity index (χ0) is 25.0. The average molecular weight is 472 g/mol. The van der Waals surface area contributed by atoms with Crippen LogP contribution in [0.25, 0.3) is 0 Å². The van der Waals surface area contributed by atoms with Gasteiger partial charge in [0, 0.05) is 6.42 Å². The zero-order valence-corrected chi connectivity index (χ0v) is 21.6. The van der Waals surface area contributed by atoms with Crippen molar-refractivity contribution in [2.45, 2.75) is 104 Å². The number of unbranched alkanes of at least 4 members (excludes halogenated alkanes) is 8. The van der Waals surface area contributed by atoms with Gasteiger partial charge in [0.1, 0.15) is 17.6 Å². The van der Waals surface area contributed by atoms with Crippen molar-refractivity contribution in [1.29, 1.82) is 5.26 Å². The first kappa shape index (κ1) is 29.6. The molecule has 0 amide bonds. The maximum atomic E-state index is 11.8. The number of allylic oxidation sites excluding steroid dienone is 1. The lowest BCUT2D eigenvalue weighted by molar-refractivity contribution is -0.138. The molecule has 1 atom stereocenters. The molecule has 1 rings (SSSR count). The van der Waals surface area contributed by atoms with E-state index in [1.807, 2.05) is 24.3 Å². The number of hydrogen-bond donors (Lipinski definition) is 1. The number of esters is 1. The summed E-state index contributed by atoms with van der Waals surface area (Å²) in [7, 11) is 0. The smallest absolute Gasteiger partial charge is 0.352 e. The molecule has 0 heterocycles. The van der Waals surface area contributed by atoms with Crippen molar-refractivity contribution in [2.75, 3.05) is 13.2 Å². The van der Waals surface area contributed by atoms with Gasteiger partial charge in [0.2, 0.25) is 0 Å². The predicted octanol–water partition coefficient (Wildman–Crippen LogP) is 7.84. The minimum Gasteiger partial charge on any atom is -0.511 e. The highest BCUT2D eigenvalue weighted by atomic mass is 16.5. The van der Waals surface area contributed by atoms with E-state index in [1.165, 1.54) is 84.0 Å². The number of nitriles is 1. The molecule has 0 aliphatic rings. The van der Waals surface area contributed by atoms with Crippen LogP contribution >= 0.6 is 0 Å². The number of carbonyl (C=O) groups is 1. The highest BCUT2D eigenvalue weighted by Crippen LogP contribution is 2.21. The first-order chi connectivity index (χ1) is 16.5. The summed E-state index contributed by atoms with van der Waals surface area (Å²) in [5.74, 6) is 0.360. The van der Waals surface area contributed by atoms with Gasteiger partial charge in [0.15, 0.2) is 5.57 Å². The van der Waals surface area contributed by atoms with E-state index < -0.39 is 5.97 Å². The zero-order valence-electron chi connectivity index (χ0n) is 21.6. The predicted molar refractivity (Wildman–Crippen MR) is 138 cm³/mol. The van der Waals surface area contributed by atoms with Gasteiger partial charge in [0.25, 0.3) is 0 Å². The number of benzene rings is 1. The second-order valence-corrected chi connectivity index (χ2v) is 9.18. The van der Waals surface area contributed by atoms with Crippen LogP contribution < -0.4 is 4.74 Å². The lowest BCUT2D eigenvalue weighted by Crippen LogP contribution is -2.13. The Morgan fingerprint density at radius 1 is 0.941 bits per heavy atom. The van der Waals surface area contributed by atoms with Gasteiger partial charge in [-0.2, -0.15) is 5.26 Å². The van der Waals surface area contributed by atoms with Gasteiger partial charge in [-0.05, 0) is 43.4 Å². The van der Waals surface area contributed by atoms with Crippen molar-refractivity contribution in [1.82, 2.24) is 0 Å². The Balaban J connectivity index is 2.44. The highest BCUT2D eigenvalue weighted by molar-refractivity contribution is 5.93. The molecule has 0 bridgehead atoms.